The molecule has 1 aromatic rings. The number of nitrogens with zero attached hydrogens (tertiary/aromatic N) is 1. The minimum absolute atomic E-state index is 0.152. The van der Waals surface area contributed by atoms with Crippen molar-refractivity contribution in [3.63, 3.8) is 0 Å². The van der Waals surface area contributed by atoms with Gasteiger partial charge in [-0.1, -0.05) is 18.2 Å². The third-order valence-electron chi connectivity index (χ3n) is 5.41. The lowest BCUT2D eigenvalue weighted by molar-refractivity contribution is -0.120. The van der Waals surface area contributed by atoms with E-state index in [1.54, 1.807) is 24.3 Å². The van der Waals surface area contributed by atoms with E-state index < -0.39 is 18.3 Å². The van der Waals surface area contributed by atoms with Crippen LogP contribution < -0.4 is 10.2 Å². The Morgan fingerprint density at radius 1 is 1.03 bits per heavy atom. The molecule has 1 saturated heterocycles. The normalized spacial score (nSPS) is 20.5. The maximum Gasteiger partial charge on any atom is 0.492 e. The van der Waals surface area contributed by atoms with E-state index in [0.717, 1.165) is 15.9 Å². The molecule has 7 nitrogen and oxygen atoms in total. The molecule has 0 atom stereocenters. The van der Waals surface area contributed by atoms with Crippen molar-refractivity contribution in [3.8, 4) is 0 Å². The maximum absolute atomic E-state index is 11.8. The fourth-order valence-electron chi connectivity index (χ4n) is 3.01. The summed E-state index contributed by atoms with van der Waals surface area (Å²) in [7, 11) is -0.600. The third kappa shape index (κ3) is 4.33. The molecular formula is C21H25BN2O5. The summed E-state index contributed by atoms with van der Waals surface area (Å²) in [6.45, 7) is 9.60. The van der Waals surface area contributed by atoms with Gasteiger partial charge < -0.3 is 14.6 Å². The van der Waals surface area contributed by atoms with Crippen molar-refractivity contribution in [2.75, 3.05) is 11.4 Å². The van der Waals surface area contributed by atoms with Crippen LogP contribution in [0.25, 0.3) is 6.08 Å². The highest BCUT2D eigenvalue weighted by molar-refractivity contribution is 6.56. The van der Waals surface area contributed by atoms with Crippen LogP contribution in [-0.4, -0.2) is 42.6 Å². The Labute approximate surface area is 170 Å². The topological polar surface area (TPSA) is 84.9 Å². The fourth-order valence-corrected chi connectivity index (χ4v) is 3.01. The lowest BCUT2D eigenvalue weighted by Gasteiger charge is -2.32. The Morgan fingerprint density at radius 3 is 2.03 bits per heavy atom. The van der Waals surface area contributed by atoms with E-state index in [-0.39, 0.29) is 24.3 Å². The second-order valence-corrected chi connectivity index (χ2v) is 8.15. The summed E-state index contributed by atoms with van der Waals surface area (Å²) < 4.78 is 12.2. The molecule has 0 aromatic heterocycles. The lowest BCUT2D eigenvalue weighted by atomic mass is 9.77. The molecule has 0 bridgehead atoms. The SMILES string of the molecule is CC(=O)NCC(=Cc1ccc(N2C(=O)C=CC2=O)cc1)B1OC(C)(C)C(C)(C)O1. The lowest BCUT2D eigenvalue weighted by Crippen LogP contribution is -2.41. The first-order chi connectivity index (χ1) is 13.5. The zero-order chi connectivity index (χ0) is 21.4. The molecule has 29 heavy (non-hydrogen) atoms. The van der Waals surface area contributed by atoms with Crippen molar-refractivity contribution >= 4 is 36.6 Å². The van der Waals surface area contributed by atoms with Crippen LogP contribution in [0.1, 0.15) is 40.2 Å². The van der Waals surface area contributed by atoms with E-state index in [1.807, 2.05) is 33.8 Å². The van der Waals surface area contributed by atoms with Crippen molar-refractivity contribution in [2.24, 2.45) is 0 Å². The second-order valence-electron chi connectivity index (χ2n) is 8.15. The van der Waals surface area contributed by atoms with Gasteiger partial charge >= 0.3 is 7.12 Å². The molecule has 2 aliphatic heterocycles. The molecule has 0 spiro atoms. The van der Waals surface area contributed by atoms with Gasteiger partial charge in [-0.05, 0) is 50.9 Å². The van der Waals surface area contributed by atoms with E-state index in [1.165, 1.54) is 19.1 Å². The number of anilines is 1. The van der Waals surface area contributed by atoms with Crippen molar-refractivity contribution in [1.29, 1.82) is 0 Å². The zero-order valence-electron chi connectivity index (χ0n) is 17.3. The van der Waals surface area contributed by atoms with Crippen LogP contribution in [-0.2, 0) is 23.7 Å². The summed E-state index contributed by atoms with van der Waals surface area (Å²) in [6, 6.07) is 7.00. The van der Waals surface area contributed by atoms with Gasteiger partial charge in [0.25, 0.3) is 11.8 Å². The van der Waals surface area contributed by atoms with E-state index in [0.29, 0.717) is 5.69 Å². The average molecular weight is 396 g/mol. The monoisotopic (exact) mass is 396 g/mol. The number of rotatable bonds is 5. The summed E-state index contributed by atoms with van der Waals surface area (Å²) in [4.78, 5) is 36.2. The molecule has 152 valence electrons. The Hall–Kier alpha value is -2.71. The van der Waals surface area contributed by atoms with Crippen LogP contribution in [0.15, 0.2) is 41.9 Å². The molecule has 0 aliphatic carbocycles. The smallest absolute Gasteiger partial charge is 0.400 e. The molecule has 8 heteroatoms. The number of carbonyl (C=O) groups excluding carboxylic acids is 3. The minimum Gasteiger partial charge on any atom is -0.400 e. The largest absolute Gasteiger partial charge is 0.492 e. The summed E-state index contributed by atoms with van der Waals surface area (Å²) in [6.07, 6.45) is 4.38. The molecule has 0 saturated carbocycles. The van der Waals surface area contributed by atoms with E-state index >= 15 is 0 Å². The first-order valence-electron chi connectivity index (χ1n) is 9.47. The quantitative estimate of drug-likeness (QED) is 0.610. The van der Waals surface area contributed by atoms with Crippen molar-refractivity contribution < 1.29 is 23.7 Å². The van der Waals surface area contributed by atoms with Crippen LogP contribution >= 0.6 is 0 Å². The maximum atomic E-state index is 11.8. The van der Waals surface area contributed by atoms with Gasteiger partial charge in [-0.25, -0.2) is 4.90 Å². The highest BCUT2D eigenvalue weighted by Gasteiger charge is 2.52. The Balaban J connectivity index is 1.85. The van der Waals surface area contributed by atoms with E-state index in [4.69, 9.17) is 9.31 Å². The van der Waals surface area contributed by atoms with Gasteiger partial charge in [-0.2, -0.15) is 0 Å². The van der Waals surface area contributed by atoms with Crippen LogP contribution in [0, 0.1) is 0 Å². The van der Waals surface area contributed by atoms with E-state index in [9.17, 15) is 14.4 Å². The van der Waals surface area contributed by atoms with E-state index in [2.05, 4.69) is 5.32 Å². The Kier molecular flexibility index (Phi) is 5.51. The van der Waals surface area contributed by atoms with Crippen molar-refractivity contribution in [1.82, 2.24) is 5.32 Å². The predicted octanol–water partition coefficient (Wildman–Crippen LogP) is 2.27. The molecule has 2 heterocycles. The summed E-state index contributed by atoms with van der Waals surface area (Å²) in [5.74, 6) is -0.870. The van der Waals surface area contributed by atoms with Crippen molar-refractivity contribution in [2.45, 2.75) is 45.8 Å². The minimum atomic E-state index is -0.600. The molecular weight excluding hydrogens is 371 g/mol. The predicted molar refractivity (Wildman–Crippen MR) is 111 cm³/mol. The van der Waals surface area contributed by atoms with Gasteiger partial charge in [-0.3, -0.25) is 14.4 Å². The number of nitrogens with one attached hydrogen (secondary N) is 1. The van der Waals surface area contributed by atoms with Crippen molar-refractivity contribution in [3.05, 3.63) is 47.5 Å². The highest BCUT2D eigenvalue weighted by atomic mass is 16.7. The first kappa shape index (κ1) is 21.0. The summed E-state index contributed by atoms with van der Waals surface area (Å²) in [5.41, 5.74) is 1.10. The molecule has 3 amide bonds. The molecule has 3 rings (SSSR count). The number of benzene rings is 1. The number of imide groups is 1. The first-order valence-corrected chi connectivity index (χ1v) is 9.47. The molecule has 2 aliphatic rings. The third-order valence-corrected chi connectivity index (χ3v) is 5.41. The van der Waals surface area contributed by atoms with Gasteiger partial charge in [0.2, 0.25) is 5.91 Å². The summed E-state index contributed by atoms with van der Waals surface area (Å²) in [5, 5.41) is 2.79. The molecule has 1 aromatic carbocycles. The van der Waals surface area contributed by atoms with Gasteiger partial charge in [0.05, 0.1) is 16.9 Å². The zero-order valence-corrected chi connectivity index (χ0v) is 17.3. The molecule has 0 unspecified atom stereocenters. The molecule has 0 radical (unpaired) electrons. The van der Waals surface area contributed by atoms with Gasteiger partial charge in [-0.15, -0.1) is 0 Å². The standard InChI is InChI=1S/C21H25BN2O5/c1-14(25)23-13-16(22-28-20(2,3)21(4,5)29-22)12-15-6-8-17(9-7-15)24-18(26)10-11-19(24)27/h6-12H,13H2,1-5H3,(H,23,25). The number of carbonyl (C=O) groups is 3. The number of amides is 3. The van der Waals surface area contributed by atoms with Crippen LogP contribution in [0.4, 0.5) is 5.69 Å². The fraction of sp³-hybridized carbons (Fsp3) is 0.381. The van der Waals surface area contributed by atoms with Crippen LogP contribution in [0.5, 0.6) is 0 Å². The number of hydrogen-bond donors (Lipinski definition) is 1. The highest BCUT2D eigenvalue weighted by Crippen LogP contribution is 2.38. The molecule has 1 fully saturated rings. The number of hydrogen-bond acceptors (Lipinski definition) is 5. The van der Waals surface area contributed by atoms with Gasteiger partial charge in [0.15, 0.2) is 0 Å². The van der Waals surface area contributed by atoms with Gasteiger partial charge in [0.1, 0.15) is 0 Å². The average Bonchev–Trinajstić information content (AvgIpc) is 3.07. The second kappa shape index (κ2) is 7.61. The Morgan fingerprint density at radius 2 is 1.55 bits per heavy atom. The summed E-state index contributed by atoms with van der Waals surface area (Å²) >= 11 is 0. The van der Waals surface area contributed by atoms with Crippen LogP contribution in [0.3, 0.4) is 0 Å². The van der Waals surface area contributed by atoms with Crippen LogP contribution in [0.2, 0.25) is 0 Å². The van der Waals surface area contributed by atoms with Gasteiger partial charge in [0, 0.05) is 25.6 Å². The molecule has 1 N–H and O–H groups in total. The Bertz CT molecular complexity index is 868.